The zero-order valence-electron chi connectivity index (χ0n) is 14.3. The summed E-state index contributed by atoms with van der Waals surface area (Å²) in [6.45, 7) is 13.5. The van der Waals surface area contributed by atoms with Crippen molar-refractivity contribution in [3.8, 4) is 0 Å². The molecule has 2 atom stereocenters. The highest BCUT2D eigenvalue weighted by Crippen LogP contribution is 2.40. The molecule has 0 aromatic heterocycles. The molecule has 120 valence electrons. The number of hydrogen-bond acceptors (Lipinski definition) is 2. The number of benzene rings is 1. The van der Waals surface area contributed by atoms with Gasteiger partial charge >= 0.3 is 0 Å². The molecule has 1 nitrogen and oxygen atoms in total. The molecule has 0 saturated carbocycles. The van der Waals surface area contributed by atoms with Gasteiger partial charge in [0, 0.05) is 22.2 Å². The Bertz CT molecular complexity index is 527. The topological polar surface area (TPSA) is 9.23 Å². The molecule has 1 saturated heterocycles. The summed E-state index contributed by atoms with van der Waals surface area (Å²) in [5, 5.41) is 0.501. The van der Waals surface area contributed by atoms with Gasteiger partial charge in [-0.15, -0.1) is 11.8 Å². The fourth-order valence-corrected chi connectivity index (χ4v) is 4.29. The smallest absolute Gasteiger partial charge is 0.0782 e. The molecule has 2 rings (SSSR count). The van der Waals surface area contributed by atoms with Gasteiger partial charge in [0.2, 0.25) is 0 Å². The lowest BCUT2D eigenvalue weighted by Crippen LogP contribution is -2.42. The summed E-state index contributed by atoms with van der Waals surface area (Å²) in [6, 6.07) is 8.82. The van der Waals surface area contributed by atoms with E-state index in [0.29, 0.717) is 5.25 Å². The molecule has 0 unspecified atom stereocenters. The van der Waals surface area contributed by atoms with E-state index in [4.69, 9.17) is 4.74 Å². The highest BCUT2D eigenvalue weighted by Gasteiger charge is 2.37. The number of ether oxygens (including phenoxy) is 1. The largest absolute Gasteiger partial charge is 0.376 e. The van der Waals surface area contributed by atoms with Crippen LogP contribution in [0.25, 0.3) is 0 Å². The molecule has 0 spiro atoms. The SMILES string of the molecule is C=C(C)C=CC(C)(C)[C@H]1OCCC[C@@H]1Sc1ccc(C)cc1. The average molecular weight is 317 g/mol. The lowest BCUT2D eigenvalue weighted by molar-refractivity contribution is -0.0317. The van der Waals surface area contributed by atoms with Gasteiger partial charge in [0.25, 0.3) is 0 Å². The zero-order chi connectivity index (χ0) is 16.2. The quantitative estimate of drug-likeness (QED) is 0.635. The first kappa shape index (κ1) is 17.4. The maximum absolute atomic E-state index is 6.18. The fraction of sp³-hybridized carbons (Fsp3) is 0.500. The van der Waals surface area contributed by atoms with Crippen LogP contribution in [0, 0.1) is 12.3 Å². The van der Waals surface area contributed by atoms with Gasteiger partial charge < -0.3 is 4.74 Å². The third kappa shape index (κ3) is 4.76. The van der Waals surface area contributed by atoms with Crippen molar-refractivity contribution >= 4 is 11.8 Å². The molecule has 1 heterocycles. The third-order valence-electron chi connectivity index (χ3n) is 4.11. The van der Waals surface area contributed by atoms with Crippen molar-refractivity contribution in [2.24, 2.45) is 5.41 Å². The Morgan fingerprint density at radius 1 is 1.32 bits per heavy atom. The van der Waals surface area contributed by atoms with E-state index in [1.807, 2.05) is 18.7 Å². The molecule has 22 heavy (non-hydrogen) atoms. The van der Waals surface area contributed by atoms with Crippen molar-refractivity contribution in [1.29, 1.82) is 0 Å². The number of thioether (sulfide) groups is 1. The van der Waals surface area contributed by atoms with Crippen LogP contribution >= 0.6 is 11.8 Å². The van der Waals surface area contributed by atoms with Crippen LogP contribution in [-0.4, -0.2) is 18.0 Å². The molecule has 1 fully saturated rings. The van der Waals surface area contributed by atoms with E-state index in [1.54, 1.807) is 0 Å². The van der Waals surface area contributed by atoms with Crippen LogP contribution in [0.5, 0.6) is 0 Å². The molecule has 2 heteroatoms. The molecule has 1 aromatic rings. The Kier molecular flexibility index (Phi) is 5.94. The van der Waals surface area contributed by atoms with E-state index in [1.165, 1.54) is 16.9 Å². The van der Waals surface area contributed by atoms with Gasteiger partial charge in [-0.3, -0.25) is 0 Å². The van der Waals surface area contributed by atoms with Gasteiger partial charge in [0.05, 0.1) is 6.10 Å². The number of allylic oxidation sites excluding steroid dienone is 2. The second kappa shape index (κ2) is 7.52. The maximum Gasteiger partial charge on any atom is 0.0782 e. The Morgan fingerprint density at radius 3 is 2.64 bits per heavy atom. The Labute approximate surface area is 139 Å². The first-order chi connectivity index (χ1) is 10.4. The minimum atomic E-state index is 0.0156. The first-order valence-corrected chi connectivity index (χ1v) is 8.96. The molecular formula is C20H28OS. The summed E-state index contributed by atoms with van der Waals surface area (Å²) in [6.07, 6.45) is 6.98. The van der Waals surface area contributed by atoms with E-state index in [2.05, 4.69) is 63.8 Å². The summed E-state index contributed by atoms with van der Waals surface area (Å²) in [4.78, 5) is 1.34. The van der Waals surface area contributed by atoms with E-state index < -0.39 is 0 Å². The summed E-state index contributed by atoms with van der Waals surface area (Å²) >= 11 is 1.96. The van der Waals surface area contributed by atoms with Crippen molar-refractivity contribution < 1.29 is 4.74 Å². The predicted octanol–water partition coefficient (Wildman–Crippen LogP) is 5.79. The molecule has 0 amide bonds. The molecular weight excluding hydrogens is 288 g/mol. The minimum absolute atomic E-state index is 0.0156. The van der Waals surface area contributed by atoms with Gasteiger partial charge in [-0.1, -0.05) is 55.8 Å². The molecule has 1 aliphatic heterocycles. The summed E-state index contributed by atoms with van der Waals surface area (Å²) < 4.78 is 6.18. The molecule has 1 aliphatic rings. The maximum atomic E-state index is 6.18. The Balaban J connectivity index is 2.13. The summed E-state index contributed by atoms with van der Waals surface area (Å²) in [7, 11) is 0. The highest BCUT2D eigenvalue weighted by molar-refractivity contribution is 8.00. The van der Waals surface area contributed by atoms with Gasteiger partial charge in [-0.25, -0.2) is 0 Å². The second-order valence-corrected chi connectivity index (χ2v) is 8.22. The van der Waals surface area contributed by atoms with Crippen LogP contribution in [0.4, 0.5) is 0 Å². The van der Waals surface area contributed by atoms with Crippen LogP contribution in [0.3, 0.4) is 0 Å². The number of hydrogen-bond donors (Lipinski definition) is 0. The van der Waals surface area contributed by atoms with Crippen molar-refractivity contribution in [2.75, 3.05) is 6.61 Å². The molecule has 0 N–H and O–H groups in total. The monoisotopic (exact) mass is 316 g/mol. The van der Waals surface area contributed by atoms with Crippen molar-refractivity contribution in [2.45, 2.75) is 56.8 Å². The average Bonchev–Trinajstić information content (AvgIpc) is 2.48. The molecule has 0 radical (unpaired) electrons. The zero-order valence-corrected chi connectivity index (χ0v) is 15.1. The Morgan fingerprint density at radius 2 is 2.00 bits per heavy atom. The van der Waals surface area contributed by atoms with Gasteiger partial charge in [-0.05, 0) is 38.8 Å². The first-order valence-electron chi connectivity index (χ1n) is 8.08. The summed E-state index contributed by atoms with van der Waals surface area (Å²) in [5.74, 6) is 0. The normalized spacial score (nSPS) is 22.9. The molecule has 0 bridgehead atoms. The van der Waals surface area contributed by atoms with E-state index in [9.17, 15) is 0 Å². The lowest BCUT2D eigenvalue weighted by atomic mass is 9.81. The second-order valence-electron chi connectivity index (χ2n) is 6.90. The van der Waals surface area contributed by atoms with Crippen molar-refractivity contribution in [3.05, 3.63) is 54.1 Å². The number of aryl methyl sites for hydroxylation is 1. The minimum Gasteiger partial charge on any atom is -0.376 e. The van der Waals surface area contributed by atoms with Crippen molar-refractivity contribution in [3.63, 3.8) is 0 Å². The fourth-order valence-electron chi connectivity index (χ4n) is 2.81. The number of rotatable bonds is 5. The van der Waals surface area contributed by atoms with Gasteiger partial charge in [0.1, 0.15) is 0 Å². The van der Waals surface area contributed by atoms with E-state index >= 15 is 0 Å². The van der Waals surface area contributed by atoms with Crippen LogP contribution < -0.4 is 0 Å². The van der Waals surface area contributed by atoms with Crippen molar-refractivity contribution in [1.82, 2.24) is 0 Å². The van der Waals surface area contributed by atoms with Crippen LogP contribution in [-0.2, 0) is 4.74 Å². The van der Waals surface area contributed by atoms with Crippen LogP contribution in [0.15, 0.2) is 53.5 Å². The molecule has 1 aromatic carbocycles. The molecule has 0 aliphatic carbocycles. The highest BCUT2D eigenvalue weighted by atomic mass is 32.2. The van der Waals surface area contributed by atoms with Gasteiger partial charge in [0.15, 0.2) is 0 Å². The third-order valence-corrected chi connectivity index (χ3v) is 5.44. The van der Waals surface area contributed by atoms with Crippen LogP contribution in [0.2, 0.25) is 0 Å². The lowest BCUT2D eigenvalue weighted by Gasteiger charge is -2.40. The van der Waals surface area contributed by atoms with Crippen LogP contribution in [0.1, 0.15) is 39.2 Å². The summed E-state index contributed by atoms with van der Waals surface area (Å²) in [5.41, 5.74) is 2.42. The van der Waals surface area contributed by atoms with E-state index in [-0.39, 0.29) is 11.5 Å². The Hall–Kier alpha value is -0.990. The van der Waals surface area contributed by atoms with Gasteiger partial charge in [-0.2, -0.15) is 0 Å². The standard InChI is InChI=1S/C20H28OS/c1-15(2)12-13-20(4,5)19-18(7-6-14-21-19)22-17-10-8-16(3)9-11-17/h8-13,18-19H,1,6-7,14H2,2-5H3/t18-,19-/m0/s1. The predicted molar refractivity (Wildman–Crippen MR) is 97.5 cm³/mol. The van der Waals surface area contributed by atoms with E-state index in [0.717, 1.165) is 18.6 Å².